The van der Waals surface area contributed by atoms with Crippen molar-refractivity contribution in [1.29, 1.82) is 0 Å². The maximum atomic E-state index is 14.0. The summed E-state index contributed by atoms with van der Waals surface area (Å²) in [6, 6.07) is 9.30. The van der Waals surface area contributed by atoms with Gasteiger partial charge in [-0.1, -0.05) is 42.3 Å². The molecule has 2 unspecified atom stereocenters. The van der Waals surface area contributed by atoms with Crippen LogP contribution in [0.3, 0.4) is 0 Å². The number of nitrogens with one attached hydrogen (secondary N) is 2. The summed E-state index contributed by atoms with van der Waals surface area (Å²) >= 11 is 0. The fourth-order valence-electron chi connectivity index (χ4n) is 4.20. The van der Waals surface area contributed by atoms with Crippen LogP contribution < -0.4 is 16.4 Å². The molecule has 0 bridgehead atoms. The summed E-state index contributed by atoms with van der Waals surface area (Å²) in [5.41, 5.74) is 7.72. The van der Waals surface area contributed by atoms with E-state index in [1.807, 2.05) is 32.0 Å². The third kappa shape index (κ3) is 8.34. The summed E-state index contributed by atoms with van der Waals surface area (Å²) in [5, 5.41) is 5.42. The molecular weight excluding hydrogens is 496 g/mol. The van der Waals surface area contributed by atoms with Crippen LogP contribution in [0.5, 0.6) is 0 Å². The minimum Gasteiger partial charge on any atom is -0.444 e. The first-order chi connectivity index (χ1) is 18.2. The van der Waals surface area contributed by atoms with E-state index in [0.29, 0.717) is 16.8 Å². The highest BCUT2D eigenvalue weighted by Gasteiger charge is 2.39. The highest BCUT2D eigenvalue weighted by Crippen LogP contribution is 2.30. The van der Waals surface area contributed by atoms with E-state index in [2.05, 4.69) is 16.6 Å². The van der Waals surface area contributed by atoms with Gasteiger partial charge in [0.1, 0.15) is 17.7 Å². The monoisotopic (exact) mass is 534 g/mol. The van der Waals surface area contributed by atoms with Crippen molar-refractivity contribution in [2.75, 3.05) is 5.32 Å². The number of amides is 4. The highest BCUT2D eigenvalue weighted by molar-refractivity contribution is 6.01. The van der Waals surface area contributed by atoms with Crippen LogP contribution in [0.15, 0.2) is 42.5 Å². The van der Waals surface area contributed by atoms with Gasteiger partial charge in [0.05, 0.1) is 6.42 Å². The second kappa shape index (κ2) is 13.0. The summed E-state index contributed by atoms with van der Waals surface area (Å²) in [4.78, 5) is 53.9. The zero-order valence-corrected chi connectivity index (χ0v) is 23.6. The first kappa shape index (κ1) is 30.9. The molecular formula is C30H38N4O5. The molecule has 0 aliphatic carbocycles. The number of aryl methyl sites for hydroxylation is 2. The van der Waals surface area contributed by atoms with Crippen LogP contribution >= 0.6 is 0 Å². The molecule has 0 radical (unpaired) electrons. The van der Waals surface area contributed by atoms with E-state index in [4.69, 9.17) is 16.9 Å². The molecule has 0 heterocycles. The number of anilines is 1. The van der Waals surface area contributed by atoms with Crippen LogP contribution in [0.1, 0.15) is 69.3 Å². The third-order valence-corrected chi connectivity index (χ3v) is 5.87. The standard InChI is InChI=1S/C30H38N4O5/c1-9-21-15-10-11-16-22(21)26(27(36)33-25-19(4)13-12-14-20(25)5)34(18(2)3)28(37)23(17-24(31)35)32-29(38)39-30(6,7)8/h1,10-16,18,23,26H,17H2,2-8H3,(H2,31,35)(H,32,38)(H,33,36). The Morgan fingerprint density at radius 3 is 2.13 bits per heavy atom. The first-order valence-electron chi connectivity index (χ1n) is 12.7. The number of primary amides is 1. The van der Waals surface area contributed by atoms with Gasteiger partial charge in [-0.05, 0) is 71.2 Å². The molecule has 0 aliphatic heterocycles. The second-order valence-electron chi connectivity index (χ2n) is 10.6. The van der Waals surface area contributed by atoms with Crippen molar-refractivity contribution >= 4 is 29.5 Å². The van der Waals surface area contributed by atoms with Gasteiger partial charge in [0.2, 0.25) is 11.8 Å². The predicted molar refractivity (Wildman–Crippen MR) is 151 cm³/mol. The molecule has 2 aromatic rings. The molecule has 0 aromatic heterocycles. The zero-order valence-electron chi connectivity index (χ0n) is 23.6. The number of nitrogens with two attached hydrogens (primary N) is 1. The number of carbonyl (C=O) groups is 4. The van der Waals surface area contributed by atoms with Crippen molar-refractivity contribution in [3.05, 3.63) is 64.7 Å². The molecule has 0 aliphatic rings. The molecule has 9 nitrogen and oxygen atoms in total. The average Bonchev–Trinajstić information content (AvgIpc) is 2.82. The molecule has 0 spiro atoms. The Hall–Kier alpha value is -4.32. The number of hydrogen-bond acceptors (Lipinski definition) is 5. The number of alkyl carbamates (subject to hydrolysis) is 1. The third-order valence-electron chi connectivity index (χ3n) is 5.87. The minimum absolute atomic E-state index is 0.417. The molecule has 2 atom stereocenters. The van der Waals surface area contributed by atoms with Crippen molar-refractivity contribution < 1.29 is 23.9 Å². The van der Waals surface area contributed by atoms with Gasteiger partial charge in [-0.2, -0.15) is 0 Å². The SMILES string of the molecule is C#Cc1ccccc1C(C(=O)Nc1c(C)cccc1C)N(C(=O)C(CC(N)=O)NC(=O)OC(C)(C)C)C(C)C. The van der Waals surface area contributed by atoms with Crippen LogP contribution in [-0.2, 0) is 19.1 Å². The first-order valence-corrected chi connectivity index (χ1v) is 12.7. The smallest absolute Gasteiger partial charge is 0.408 e. The maximum absolute atomic E-state index is 14.0. The van der Waals surface area contributed by atoms with Gasteiger partial charge in [0.25, 0.3) is 5.91 Å². The molecule has 0 saturated carbocycles. The molecule has 4 amide bonds. The van der Waals surface area contributed by atoms with E-state index >= 15 is 0 Å². The van der Waals surface area contributed by atoms with E-state index in [1.165, 1.54) is 4.90 Å². The Balaban J connectivity index is 2.64. The van der Waals surface area contributed by atoms with E-state index in [1.54, 1.807) is 58.9 Å². The average molecular weight is 535 g/mol. The second-order valence-corrected chi connectivity index (χ2v) is 10.6. The Bertz CT molecular complexity index is 1250. The lowest BCUT2D eigenvalue weighted by Gasteiger charge is -2.37. The Morgan fingerprint density at radius 1 is 1.03 bits per heavy atom. The van der Waals surface area contributed by atoms with Gasteiger partial charge in [0.15, 0.2) is 0 Å². The molecule has 9 heteroatoms. The lowest BCUT2D eigenvalue weighted by Crippen LogP contribution is -2.55. The molecule has 208 valence electrons. The summed E-state index contributed by atoms with van der Waals surface area (Å²) in [6.07, 6.45) is 4.38. The van der Waals surface area contributed by atoms with Crippen molar-refractivity contribution in [2.45, 2.75) is 78.6 Å². The largest absolute Gasteiger partial charge is 0.444 e. The minimum atomic E-state index is -1.38. The summed E-state index contributed by atoms with van der Waals surface area (Å²) < 4.78 is 5.30. The molecule has 0 saturated heterocycles. The zero-order chi connectivity index (χ0) is 29.5. The van der Waals surface area contributed by atoms with Crippen LogP contribution in [0.4, 0.5) is 10.5 Å². The Morgan fingerprint density at radius 2 is 1.62 bits per heavy atom. The fourth-order valence-corrected chi connectivity index (χ4v) is 4.20. The Labute approximate surface area is 230 Å². The number of benzene rings is 2. The van der Waals surface area contributed by atoms with Gasteiger partial charge in [0, 0.05) is 17.3 Å². The van der Waals surface area contributed by atoms with Gasteiger partial charge in [-0.25, -0.2) is 4.79 Å². The molecule has 4 N–H and O–H groups in total. The quantitative estimate of drug-likeness (QED) is 0.419. The van der Waals surface area contributed by atoms with Gasteiger partial charge in [-0.15, -0.1) is 6.42 Å². The normalized spacial score (nSPS) is 12.6. The number of carbonyl (C=O) groups excluding carboxylic acids is 4. The van der Waals surface area contributed by atoms with Crippen LogP contribution in [0, 0.1) is 26.2 Å². The maximum Gasteiger partial charge on any atom is 0.408 e. The number of ether oxygens (including phenoxy) is 1. The highest BCUT2D eigenvalue weighted by atomic mass is 16.6. The van der Waals surface area contributed by atoms with E-state index < -0.39 is 54.0 Å². The lowest BCUT2D eigenvalue weighted by molar-refractivity contribution is -0.143. The van der Waals surface area contributed by atoms with Crippen molar-refractivity contribution in [3.63, 3.8) is 0 Å². The van der Waals surface area contributed by atoms with Crippen molar-refractivity contribution in [2.24, 2.45) is 5.73 Å². The fraction of sp³-hybridized carbons (Fsp3) is 0.400. The molecule has 2 aromatic carbocycles. The number of nitrogens with zero attached hydrogens (tertiary/aromatic N) is 1. The van der Waals surface area contributed by atoms with Crippen LogP contribution in [0.25, 0.3) is 0 Å². The molecule has 2 rings (SSSR count). The van der Waals surface area contributed by atoms with Crippen molar-refractivity contribution in [3.8, 4) is 12.3 Å². The summed E-state index contributed by atoms with van der Waals surface area (Å²) in [6.45, 7) is 12.2. The molecule has 39 heavy (non-hydrogen) atoms. The van der Waals surface area contributed by atoms with Crippen molar-refractivity contribution in [1.82, 2.24) is 10.2 Å². The Kier molecular flexibility index (Phi) is 10.3. The number of para-hydroxylation sites is 1. The van der Waals surface area contributed by atoms with Gasteiger partial charge < -0.3 is 26.0 Å². The van der Waals surface area contributed by atoms with E-state index in [9.17, 15) is 19.2 Å². The number of rotatable bonds is 9. The van der Waals surface area contributed by atoms with Gasteiger partial charge >= 0.3 is 6.09 Å². The van der Waals surface area contributed by atoms with Gasteiger partial charge in [-0.3, -0.25) is 14.4 Å². The van der Waals surface area contributed by atoms with E-state index in [-0.39, 0.29) is 0 Å². The van der Waals surface area contributed by atoms with Crippen LogP contribution in [0.2, 0.25) is 0 Å². The number of terminal acetylenes is 1. The predicted octanol–water partition coefficient (Wildman–Crippen LogP) is 3.97. The summed E-state index contributed by atoms with van der Waals surface area (Å²) in [5.74, 6) is 0.578. The summed E-state index contributed by atoms with van der Waals surface area (Å²) in [7, 11) is 0. The topological polar surface area (TPSA) is 131 Å². The molecule has 0 fully saturated rings. The lowest BCUT2D eigenvalue weighted by atomic mass is 9.95. The van der Waals surface area contributed by atoms with E-state index in [0.717, 1.165) is 11.1 Å². The number of hydrogen-bond donors (Lipinski definition) is 3. The van der Waals surface area contributed by atoms with Crippen LogP contribution in [-0.4, -0.2) is 46.4 Å².